The lowest BCUT2D eigenvalue weighted by atomic mass is 10.3. The lowest BCUT2D eigenvalue weighted by Crippen LogP contribution is -1.94. The summed E-state index contributed by atoms with van der Waals surface area (Å²) in [5.41, 5.74) is 1.59. The highest BCUT2D eigenvalue weighted by Gasteiger charge is 2.07. The van der Waals surface area contributed by atoms with Gasteiger partial charge in [-0.15, -0.1) is 0 Å². The number of hydrogen-bond donors (Lipinski definition) is 0. The van der Waals surface area contributed by atoms with Crippen LogP contribution in [0, 0.1) is 0 Å². The maximum absolute atomic E-state index is 5.12. The summed E-state index contributed by atoms with van der Waals surface area (Å²) < 4.78 is 10.2. The molecule has 14 heavy (non-hydrogen) atoms. The minimum Gasteiger partial charge on any atom is -0.491 e. The third kappa shape index (κ3) is 1.35. The van der Waals surface area contributed by atoms with Crippen LogP contribution in [-0.2, 0) is 0 Å². The molecule has 0 saturated carbocycles. The zero-order chi connectivity index (χ0) is 9.97. The van der Waals surface area contributed by atoms with Gasteiger partial charge in [-0.1, -0.05) is 0 Å². The van der Waals surface area contributed by atoms with Crippen LogP contribution in [0.3, 0.4) is 0 Å². The first-order valence-electron chi connectivity index (χ1n) is 4.19. The number of fused-ring (bicyclic) bond motifs is 1. The van der Waals surface area contributed by atoms with Crippen molar-refractivity contribution in [1.82, 2.24) is 9.97 Å². The van der Waals surface area contributed by atoms with E-state index in [1.54, 1.807) is 26.5 Å². The van der Waals surface area contributed by atoms with Gasteiger partial charge in [0.15, 0.2) is 5.75 Å². The van der Waals surface area contributed by atoms with Crippen molar-refractivity contribution in [3.05, 3.63) is 24.4 Å². The summed E-state index contributed by atoms with van der Waals surface area (Å²) in [6.07, 6.45) is 1.72. The highest BCUT2D eigenvalue weighted by molar-refractivity contribution is 5.76. The predicted molar refractivity (Wildman–Crippen MR) is 52.6 cm³/mol. The quantitative estimate of drug-likeness (QED) is 0.722. The summed E-state index contributed by atoms with van der Waals surface area (Å²) in [4.78, 5) is 8.42. The molecule has 0 aliphatic heterocycles. The monoisotopic (exact) mass is 190 g/mol. The molecule has 0 spiro atoms. The number of aromatic nitrogens is 2. The molecule has 0 aromatic carbocycles. The Morgan fingerprint density at radius 3 is 2.71 bits per heavy atom. The van der Waals surface area contributed by atoms with Gasteiger partial charge in [-0.05, 0) is 12.1 Å². The molecule has 0 aliphatic carbocycles. The number of pyridine rings is 2. The van der Waals surface area contributed by atoms with Crippen LogP contribution in [0.2, 0.25) is 0 Å². The van der Waals surface area contributed by atoms with E-state index in [0.29, 0.717) is 11.6 Å². The predicted octanol–water partition coefficient (Wildman–Crippen LogP) is 1.65. The summed E-state index contributed by atoms with van der Waals surface area (Å²) in [5, 5.41) is 0. The van der Waals surface area contributed by atoms with Crippen LogP contribution in [0.15, 0.2) is 24.4 Å². The van der Waals surface area contributed by atoms with Crippen LogP contribution < -0.4 is 9.47 Å². The van der Waals surface area contributed by atoms with Gasteiger partial charge in [-0.3, -0.25) is 4.98 Å². The number of rotatable bonds is 2. The smallest absolute Gasteiger partial charge is 0.257 e. The average molecular weight is 190 g/mol. The summed E-state index contributed by atoms with van der Waals surface area (Å²) in [7, 11) is 3.14. The van der Waals surface area contributed by atoms with Crippen molar-refractivity contribution in [3.63, 3.8) is 0 Å². The topological polar surface area (TPSA) is 44.2 Å². The van der Waals surface area contributed by atoms with Gasteiger partial charge in [0.25, 0.3) is 5.88 Å². The molecular weight excluding hydrogens is 180 g/mol. The second-order valence-corrected chi connectivity index (χ2v) is 2.74. The number of methoxy groups -OCH3 is 2. The number of nitrogens with zero attached hydrogens (tertiary/aromatic N) is 2. The summed E-state index contributed by atoms with van der Waals surface area (Å²) in [5.74, 6) is 1.08. The maximum atomic E-state index is 5.12. The second-order valence-electron chi connectivity index (χ2n) is 2.74. The van der Waals surface area contributed by atoms with Gasteiger partial charge in [0.2, 0.25) is 0 Å². The standard InChI is InChI=1S/C10H10N2O2/c1-13-9-6-8-7(4-3-5-11-8)12-10(9)14-2/h3-6H,1-2H3. The van der Waals surface area contributed by atoms with E-state index >= 15 is 0 Å². The molecule has 4 heteroatoms. The highest BCUT2D eigenvalue weighted by Crippen LogP contribution is 2.27. The average Bonchev–Trinajstić information content (AvgIpc) is 2.27. The lowest BCUT2D eigenvalue weighted by molar-refractivity contribution is 0.344. The first-order valence-corrected chi connectivity index (χ1v) is 4.19. The minimum atomic E-state index is 0.480. The first kappa shape index (κ1) is 8.74. The molecule has 0 bridgehead atoms. The van der Waals surface area contributed by atoms with E-state index in [9.17, 15) is 0 Å². The molecule has 0 aliphatic rings. The molecule has 2 aromatic heterocycles. The van der Waals surface area contributed by atoms with Crippen LogP contribution in [0.1, 0.15) is 0 Å². The SMILES string of the molecule is COc1cc2ncccc2nc1OC. The van der Waals surface area contributed by atoms with Gasteiger partial charge in [0.1, 0.15) is 0 Å². The Hall–Kier alpha value is -1.84. The van der Waals surface area contributed by atoms with Gasteiger partial charge in [-0.2, -0.15) is 0 Å². The zero-order valence-electron chi connectivity index (χ0n) is 8.02. The molecule has 0 fully saturated rings. The van der Waals surface area contributed by atoms with Gasteiger partial charge < -0.3 is 9.47 Å². The van der Waals surface area contributed by atoms with Crippen LogP contribution in [0.5, 0.6) is 11.6 Å². The molecule has 2 heterocycles. The van der Waals surface area contributed by atoms with Gasteiger partial charge in [-0.25, -0.2) is 4.98 Å². The fraction of sp³-hybridized carbons (Fsp3) is 0.200. The Morgan fingerprint density at radius 1 is 1.14 bits per heavy atom. The van der Waals surface area contributed by atoms with E-state index in [1.165, 1.54) is 0 Å². The molecule has 0 saturated heterocycles. The summed E-state index contributed by atoms with van der Waals surface area (Å²) in [6.45, 7) is 0. The number of ether oxygens (including phenoxy) is 2. The third-order valence-corrected chi connectivity index (χ3v) is 1.93. The van der Waals surface area contributed by atoms with E-state index in [1.807, 2.05) is 12.1 Å². The molecule has 0 N–H and O–H groups in total. The zero-order valence-corrected chi connectivity index (χ0v) is 8.02. The molecular formula is C10H10N2O2. The van der Waals surface area contributed by atoms with Crippen molar-refractivity contribution in [2.75, 3.05) is 14.2 Å². The molecule has 72 valence electrons. The molecule has 0 amide bonds. The largest absolute Gasteiger partial charge is 0.491 e. The fourth-order valence-electron chi connectivity index (χ4n) is 1.26. The highest BCUT2D eigenvalue weighted by atomic mass is 16.5. The Balaban J connectivity index is 2.69. The first-order chi connectivity index (χ1) is 6.85. The summed E-state index contributed by atoms with van der Waals surface area (Å²) in [6, 6.07) is 5.52. The van der Waals surface area contributed by atoms with E-state index < -0.39 is 0 Å². The third-order valence-electron chi connectivity index (χ3n) is 1.93. The van der Waals surface area contributed by atoms with Crippen molar-refractivity contribution >= 4 is 11.0 Å². The van der Waals surface area contributed by atoms with Gasteiger partial charge in [0, 0.05) is 12.3 Å². The Labute approximate surface area is 81.5 Å². The van der Waals surface area contributed by atoms with Crippen molar-refractivity contribution in [3.8, 4) is 11.6 Å². The molecule has 0 atom stereocenters. The van der Waals surface area contributed by atoms with E-state index in [-0.39, 0.29) is 0 Å². The Bertz CT molecular complexity index is 414. The second kappa shape index (κ2) is 3.49. The van der Waals surface area contributed by atoms with Crippen LogP contribution in [0.4, 0.5) is 0 Å². The summed E-state index contributed by atoms with van der Waals surface area (Å²) >= 11 is 0. The molecule has 0 radical (unpaired) electrons. The molecule has 2 aromatic rings. The van der Waals surface area contributed by atoms with Crippen LogP contribution >= 0.6 is 0 Å². The number of hydrogen-bond acceptors (Lipinski definition) is 4. The Morgan fingerprint density at radius 2 is 2.00 bits per heavy atom. The van der Waals surface area contributed by atoms with Gasteiger partial charge >= 0.3 is 0 Å². The molecule has 0 unspecified atom stereocenters. The normalized spacial score (nSPS) is 10.1. The maximum Gasteiger partial charge on any atom is 0.257 e. The van der Waals surface area contributed by atoms with Crippen molar-refractivity contribution < 1.29 is 9.47 Å². The lowest BCUT2D eigenvalue weighted by Gasteiger charge is -2.06. The van der Waals surface area contributed by atoms with E-state index in [2.05, 4.69) is 9.97 Å². The fourth-order valence-corrected chi connectivity index (χ4v) is 1.26. The van der Waals surface area contributed by atoms with Crippen molar-refractivity contribution in [2.24, 2.45) is 0 Å². The van der Waals surface area contributed by atoms with Crippen molar-refractivity contribution in [2.45, 2.75) is 0 Å². The minimum absolute atomic E-state index is 0.480. The Kier molecular flexibility index (Phi) is 2.18. The van der Waals surface area contributed by atoms with Crippen molar-refractivity contribution in [1.29, 1.82) is 0 Å². The van der Waals surface area contributed by atoms with Crippen LogP contribution in [0.25, 0.3) is 11.0 Å². The molecule has 4 nitrogen and oxygen atoms in total. The molecule has 2 rings (SSSR count). The van der Waals surface area contributed by atoms with E-state index in [4.69, 9.17) is 9.47 Å². The van der Waals surface area contributed by atoms with E-state index in [0.717, 1.165) is 11.0 Å². The van der Waals surface area contributed by atoms with Crippen LogP contribution in [-0.4, -0.2) is 24.2 Å². The van der Waals surface area contributed by atoms with Gasteiger partial charge in [0.05, 0.1) is 25.3 Å².